The maximum atomic E-state index is 12.5. The average Bonchev–Trinajstić information content (AvgIpc) is 3.12. The standard InChI is InChI=1S/C19H22N4O2S/c1-4-13-5-7-14(8-6-13)16(22(2)3)12-20-17(24)15-11-21-19-23(18(15)25)9-10-26-19/h5-11,16H,4,12H2,1-3H3,(H,20,24). The number of carbonyl (C=O) groups excluding carboxylic acids is 1. The molecule has 0 saturated heterocycles. The molecule has 1 atom stereocenters. The molecule has 1 N–H and O–H groups in total. The zero-order chi connectivity index (χ0) is 18.7. The Kier molecular flexibility index (Phi) is 5.49. The van der Waals surface area contributed by atoms with Gasteiger partial charge in [-0.2, -0.15) is 0 Å². The number of nitrogens with zero attached hydrogens (tertiary/aromatic N) is 3. The first kappa shape index (κ1) is 18.3. The summed E-state index contributed by atoms with van der Waals surface area (Å²) in [5, 5.41) is 4.65. The van der Waals surface area contributed by atoms with Crippen molar-refractivity contribution in [2.24, 2.45) is 0 Å². The molecule has 0 aliphatic heterocycles. The van der Waals surface area contributed by atoms with E-state index in [1.165, 1.54) is 27.5 Å². The van der Waals surface area contributed by atoms with Crippen molar-refractivity contribution in [1.29, 1.82) is 0 Å². The van der Waals surface area contributed by atoms with Crippen molar-refractivity contribution < 1.29 is 4.79 Å². The zero-order valence-electron chi connectivity index (χ0n) is 15.1. The maximum Gasteiger partial charge on any atom is 0.271 e. The summed E-state index contributed by atoms with van der Waals surface area (Å²) in [6.45, 7) is 2.53. The van der Waals surface area contributed by atoms with Gasteiger partial charge in [-0.3, -0.25) is 14.0 Å². The molecule has 0 spiro atoms. The van der Waals surface area contributed by atoms with Crippen molar-refractivity contribution in [3.63, 3.8) is 0 Å². The van der Waals surface area contributed by atoms with E-state index >= 15 is 0 Å². The van der Waals surface area contributed by atoms with Crippen molar-refractivity contribution in [2.45, 2.75) is 19.4 Å². The molecule has 0 saturated carbocycles. The monoisotopic (exact) mass is 370 g/mol. The van der Waals surface area contributed by atoms with Gasteiger partial charge in [-0.25, -0.2) is 4.98 Å². The van der Waals surface area contributed by atoms with Crippen LogP contribution in [0.25, 0.3) is 4.96 Å². The molecule has 2 aromatic heterocycles. The second kappa shape index (κ2) is 7.80. The highest BCUT2D eigenvalue weighted by atomic mass is 32.1. The number of carbonyl (C=O) groups is 1. The van der Waals surface area contributed by atoms with Crippen LogP contribution in [0.15, 0.2) is 46.8 Å². The number of fused-ring (bicyclic) bond motifs is 1. The van der Waals surface area contributed by atoms with E-state index in [4.69, 9.17) is 0 Å². The largest absolute Gasteiger partial charge is 0.350 e. The summed E-state index contributed by atoms with van der Waals surface area (Å²) in [4.78, 5) is 31.7. The van der Waals surface area contributed by atoms with E-state index in [9.17, 15) is 9.59 Å². The minimum atomic E-state index is -0.403. The molecule has 136 valence electrons. The smallest absolute Gasteiger partial charge is 0.271 e. The zero-order valence-corrected chi connectivity index (χ0v) is 15.9. The number of hydrogen-bond acceptors (Lipinski definition) is 5. The van der Waals surface area contributed by atoms with Gasteiger partial charge < -0.3 is 10.2 Å². The fraction of sp³-hybridized carbons (Fsp3) is 0.316. The van der Waals surface area contributed by atoms with Crippen LogP contribution in [0.5, 0.6) is 0 Å². The van der Waals surface area contributed by atoms with Gasteiger partial charge in [0, 0.05) is 24.3 Å². The molecular weight excluding hydrogens is 348 g/mol. The second-order valence-electron chi connectivity index (χ2n) is 6.32. The number of amides is 1. The maximum absolute atomic E-state index is 12.5. The molecule has 6 nitrogen and oxygen atoms in total. The lowest BCUT2D eigenvalue weighted by molar-refractivity contribution is 0.0940. The van der Waals surface area contributed by atoms with Gasteiger partial charge in [0.25, 0.3) is 11.5 Å². The highest BCUT2D eigenvalue weighted by molar-refractivity contribution is 7.15. The fourth-order valence-electron chi connectivity index (χ4n) is 2.84. The van der Waals surface area contributed by atoms with Crippen LogP contribution in [0.2, 0.25) is 0 Å². The lowest BCUT2D eigenvalue weighted by Crippen LogP contribution is -2.37. The van der Waals surface area contributed by atoms with E-state index in [0.717, 1.165) is 12.0 Å². The summed E-state index contributed by atoms with van der Waals surface area (Å²) in [7, 11) is 3.94. The first-order valence-electron chi connectivity index (χ1n) is 8.49. The normalized spacial score (nSPS) is 12.5. The number of aromatic nitrogens is 2. The molecule has 0 bridgehead atoms. The van der Waals surface area contributed by atoms with Gasteiger partial charge in [-0.05, 0) is 31.6 Å². The first-order valence-corrected chi connectivity index (χ1v) is 9.37. The van der Waals surface area contributed by atoms with Gasteiger partial charge in [0.15, 0.2) is 4.96 Å². The Morgan fingerprint density at radius 2 is 2.04 bits per heavy atom. The number of nitrogens with one attached hydrogen (secondary N) is 1. The molecule has 1 unspecified atom stereocenters. The molecule has 0 aliphatic carbocycles. The van der Waals surface area contributed by atoms with Gasteiger partial charge in [-0.15, -0.1) is 11.3 Å². The Morgan fingerprint density at radius 1 is 1.31 bits per heavy atom. The lowest BCUT2D eigenvalue weighted by Gasteiger charge is -2.25. The van der Waals surface area contributed by atoms with Gasteiger partial charge in [0.1, 0.15) is 5.56 Å². The van der Waals surface area contributed by atoms with Gasteiger partial charge >= 0.3 is 0 Å². The molecule has 26 heavy (non-hydrogen) atoms. The van der Waals surface area contributed by atoms with Crippen LogP contribution in [0.1, 0.15) is 34.5 Å². The van der Waals surface area contributed by atoms with Gasteiger partial charge in [-0.1, -0.05) is 31.2 Å². The van der Waals surface area contributed by atoms with Crippen LogP contribution in [-0.4, -0.2) is 40.8 Å². The predicted octanol–water partition coefficient (Wildman–Crippen LogP) is 2.35. The van der Waals surface area contributed by atoms with E-state index < -0.39 is 5.91 Å². The third-order valence-electron chi connectivity index (χ3n) is 4.44. The number of benzene rings is 1. The summed E-state index contributed by atoms with van der Waals surface area (Å²) in [6, 6.07) is 8.40. The third kappa shape index (κ3) is 3.68. The van der Waals surface area contributed by atoms with Crippen LogP contribution in [0.4, 0.5) is 0 Å². The summed E-state index contributed by atoms with van der Waals surface area (Å²) >= 11 is 1.36. The second-order valence-corrected chi connectivity index (χ2v) is 7.19. The summed E-state index contributed by atoms with van der Waals surface area (Å²) < 4.78 is 1.40. The summed E-state index contributed by atoms with van der Waals surface area (Å²) in [6.07, 6.45) is 3.97. The fourth-order valence-corrected chi connectivity index (χ4v) is 3.51. The number of aryl methyl sites for hydroxylation is 1. The Balaban J connectivity index is 1.76. The van der Waals surface area contributed by atoms with Crippen LogP contribution in [0.3, 0.4) is 0 Å². The number of likely N-dealkylation sites (N-methyl/N-ethyl adjacent to an activating group) is 1. The van der Waals surface area contributed by atoms with E-state index in [0.29, 0.717) is 11.5 Å². The number of rotatable bonds is 6. The molecule has 0 radical (unpaired) electrons. The minimum absolute atomic E-state index is 0.0189. The predicted molar refractivity (Wildman–Crippen MR) is 104 cm³/mol. The minimum Gasteiger partial charge on any atom is -0.350 e. The Hall–Kier alpha value is -2.51. The van der Waals surface area contributed by atoms with Crippen molar-refractivity contribution in [3.8, 4) is 0 Å². The highest BCUT2D eigenvalue weighted by Crippen LogP contribution is 2.18. The van der Waals surface area contributed by atoms with Crippen molar-refractivity contribution >= 4 is 22.2 Å². The first-order chi connectivity index (χ1) is 12.5. The van der Waals surface area contributed by atoms with Crippen molar-refractivity contribution in [2.75, 3.05) is 20.6 Å². The van der Waals surface area contributed by atoms with E-state index in [-0.39, 0.29) is 17.2 Å². The number of thiazole rings is 1. The molecule has 1 amide bonds. The van der Waals surface area contributed by atoms with E-state index in [1.807, 2.05) is 14.1 Å². The molecule has 7 heteroatoms. The lowest BCUT2D eigenvalue weighted by atomic mass is 10.0. The molecule has 3 rings (SSSR count). The summed E-state index contributed by atoms with van der Waals surface area (Å²) in [5.41, 5.74) is 2.11. The van der Waals surface area contributed by atoms with Crippen LogP contribution >= 0.6 is 11.3 Å². The van der Waals surface area contributed by atoms with Gasteiger partial charge in [0.2, 0.25) is 0 Å². The Bertz CT molecular complexity index is 960. The van der Waals surface area contributed by atoms with Crippen LogP contribution in [-0.2, 0) is 6.42 Å². The quantitative estimate of drug-likeness (QED) is 0.723. The molecule has 1 aromatic carbocycles. The molecule has 0 fully saturated rings. The molecule has 2 heterocycles. The topological polar surface area (TPSA) is 66.7 Å². The van der Waals surface area contributed by atoms with E-state index in [2.05, 4.69) is 46.4 Å². The Morgan fingerprint density at radius 3 is 2.69 bits per heavy atom. The average molecular weight is 370 g/mol. The van der Waals surface area contributed by atoms with Crippen LogP contribution < -0.4 is 10.9 Å². The number of hydrogen-bond donors (Lipinski definition) is 1. The molecule has 0 aliphatic rings. The summed E-state index contributed by atoms with van der Waals surface area (Å²) in [5.74, 6) is -0.403. The molecule has 3 aromatic rings. The van der Waals surface area contributed by atoms with Crippen molar-refractivity contribution in [1.82, 2.24) is 19.6 Å². The van der Waals surface area contributed by atoms with Crippen LogP contribution in [0, 0.1) is 0 Å². The SMILES string of the molecule is CCc1ccc(C(CNC(=O)c2cnc3sccn3c2=O)N(C)C)cc1. The van der Waals surface area contributed by atoms with Crippen molar-refractivity contribution in [3.05, 3.63) is 69.1 Å². The Labute approximate surface area is 156 Å². The van der Waals surface area contributed by atoms with E-state index in [1.54, 1.807) is 11.6 Å². The third-order valence-corrected chi connectivity index (χ3v) is 5.21. The molecular formula is C19H22N4O2S. The highest BCUT2D eigenvalue weighted by Gasteiger charge is 2.18. The van der Waals surface area contributed by atoms with Gasteiger partial charge in [0.05, 0.1) is 6.04 Å².